The van der Waals surface area contributed by atoms with Crippen molar-refractivity contribution in [2.45, 2.75) is 64.5 Å². The molecule has 0 radical (unpaired) electrons. The van der Waals surface area contributed by atoms with E-state index in [0.717, 1.165) is 23.8 Å². The van der Waals surface area contributed by atoms with E-state index in [0.29, 0.717) is 18.1 Å². The maximum absolute atomic E-state index is 5.47. The summed E-state index contributed by atoms with van der Waals surface area (Å²) in [5.74, 6) is 2.23. The van der Waals surface area contributed by atoms with E-state index in [4.69, 9.17) is 4.74 Å². The minimum atomic E-state index is 0.360. The molecule has 1 aliphatic rings. The van der Waals surface area contributed by atoms with Crippen molar-refractivity contribution < 1.29 is 4.74 Å². The van der Waals surface area contributed by atoms with Gasteiger partial charge in [-0.25, -0.2) is 9.97 Å². The van der Waals surface area contributed by atoms with E-state index < -0.39 is 0 Å². The van der Waals surface area contributed by atoms with Crippen LogP contribution in [0.2, 0.25) is 0 Å². The van der Waals surface area contributed by atoms with Gasteiger partial charge in [0.15, 0.2) is 0 Å². The molecule has 0 aliphatic heterocycles. The standard InChI is InChI=1S/C15H25N3O/c1-10(2)15-16-11(3)8-14(18-15)17-12-6-5-7-13(9-12)19-4/h8,10,12-13H,5-7,9H2,1-4H3,(H,16,17,18). The second-order valence-corrected chi connectivity index (χ2v) is 5.77. The quantitative estimate of drug-likeness (QED) is 0.905. The summed E-state index contributed by atoms with van der Waals surface area (Å²) in [7, 11) is 1.80. The Kier molecular flexibility index (Phi) is 4.75. The number of nitrogens with zero attached hydrogens (tertiary/aromatic N) is 2. The lowest BCUT2D eigenvalue weighted by atomic mass is 9.93. The average Bonchev–Trinajstić information content (AvgIpc) is 2.38. The van der Waals surface area contributed by atoms with E-state index in [9.17, 15) is 0 Å². The molecule has 2 atom stereocenters. The molecule has 106 valence electrons. The topological polar surface area (TPSA) is 47.0 Å². The Morgan fingerprint density at radius 2 is 2.11 bits per heavy atom. The van der Waals surface area contributed by atoms with E-state index in [-0.39, 0.29) is 0 Å². The summed E-state index contributed by atoms with van der Waals surface area (Å²) in [5.41, 5.74) is 1.03. The van der Waals surface area contributed by atoms with Crippen molar-refractivity contribution >= 4 is 5.82 Å². The summed E-state index contributed by atoms with van der Waals surface area (Å²) in [6.45, 7) is 6.28. The summed E-state index contributed by atoms with van der Waals surface area (Å²) in [6.07, 6.45) is 5.04. The van der Waals surface area contributed by atoms with Gasteiger partial charge in [0.1, 0.15) is 11.6 Å². The van der Waals surface area contributed by atoms with Gasteiger partial charge in [0.05, 0.1) is 6.10 Å². The molecule has 0 aromatic carbocycles. The number of ether oxygens (including phenoxy) is 1. The Bertz CT molecular complexity index is 420. The molecule has 4 heteroatoms. The van der Waals surface area contributed by atoms with Gasteiger partial charge in [-0.15, -0.1) is 0 Å². The predicted molar refractivity (Wildman–Crippen MR) is 77.5 cm³/mol. The molecule has 4 nitrogen and oxygen atoms in total. The van der Waals surface area contributed by atoms with Gasteiger partial charge < -0.3 is 10.1 Å². The molecule has 1 N–H and O–H groups in total. The molecule has 19 heavy (non-hydrogen) atoms. The lowest BCUT2D eigenvalue weighted by Crippen LogP contribution is -2.31. The Balaban J connectivity index is 2.06. The fraction of sp³-hybridized carbons (Fsp3) is 0.733. The normalized spacial score (nSPS) is 23.6. The summed E-state index contributed by atoms with van der Waals surface area (Å²) >= 11 is 0. The Morgan fingerprint density at radius 3 is 2.79 bits per heavy atom. The summed E-state index contributed by atoms with van der Waals surface area (Å²) in [5, 5.41) is 3.55. The van der Waals surface area contributed by atoms with Crippen LogP contribution < -0.4 is 5.32 Å². The van der Waals surface area contributed by atoms with Crippen LogP contribution in [0.25, 0.3) is 0 Å². The number of aromatic nitrogens is 2. The van der Waals surface area contributed by atoms with Crippen LogP contribution in [0.4, 0.5) is 5.82 Å². The first-order valence-electron chi connectivity index (χ1n) is 7.23. The molecule has 1 fully saturated rings. The summed E-state index contributed by atoms with van der Waals surface area (Å²) in [6, 6.07) is 2.50. The van der Waals surface area contributed by atoms with Crippen molar-refractivity contribution in [3.8, 4) is 0 Å². The molecule has 1 saturated carbocycles. The molecule has 1 heterocycles. The highest BCUT2D eigenvalue weighted by Gasteiger charge is 2.22. The molecule has 1 aliphatic carbocycles. The average molecular weight is 263 g/mol. The molecule has 1 aromatic heterocycles. The number of aryl methyl sites for hydroxylation is 1. The predicted octanol–water partition coefficient (Wildman–Crippen LogP) is 3.28. The molecular formula is C15H25N3O. The zero-order chi connectivity index (χ0) is 13.8. The van der Waals surface area contributed by atoms with Crippen molar-refractivity contribution in [1.82, 2.24) is 9.97 Å². The van der Waals surface area contributed by atoms with Gasteiger partial charge in [-0.1, -0.05) is 13.8 Å². The van der Waals surface area contributed by atoms with E-state index in [1.807, 2.05) is 13.0 Å². The van der Waals surface area contributed by atoms with E-state index in [1.54, 1.807) is 7.11 Å². The number of rotatable bonds is 4. The van der Waals surface area contributed by atoms with E-state index >= 15 is 0 Å². The molecule has 0 bridgehead atoms. The van der Waals surface area contributed by atoms with Crippen LogP contribution in [0.5, 0.6) is 0 Å². The van der Waals surface area contributed by atoms with Gasteiger partial charge in [-0.05, 0) is 32.6 Å². The first-order chi connectivity index (χ1) is 9.08. The van der Waals surface area contributed by atoms with Crippen LogP contribution in [0, 0.1) is 6.92 Å². The lowest BCUT2D eigenvalue weighted by Gasteiger charge is -2.29. The Labute approximate surface area is 116 Å². The van der Waals surface area contributed by atoms with Crippen molar-refractivity contribution in [3.63, 3.8) is 0 Å². The SMILES string of the molecule is COC1CCCC(Nc2cc(C)nc(C(C)C)n2)C1. The van der Waals surface area contributed by atoms with Crippen LogP contribution in [-0.4, -0.2) is 29.2 Å². The van der Waals surface area contributed by atoms with Crippen molar-refractivity contribution in [1.29, 1.82) is 0 Å². The van der Waals surface area contributed by atoms with Gasteiger partial charge in [0.25, 0.3) is 0 Å². The van der Waals surface area contributed by atoms with Gasteiger partial charge in [0, 0.05) is 30.8 Å². The molecule has 0 amide bonds. The molecule has 2 unspecified atom stereocenters. The lowest BCUT2D eigenvalue weighted by molar-refractivity contribution is 0.0669. The molecule has 0 saturated heterocycles. The van der Waals surface area contributed by atoms with Crippen LogP contribution in [0.1, 0.15) is 57.0 Å². The second kappa shape index (κ2) is 6.33. The van der Waals surface area contributed by atoms with Gasteiger partial charge in [-0.3, -0.25) is 0 Å². The first kappa shape index (κ1) is 14.3. The number of nitrogens with one attached hydrogen (secondary N) is 1. The highest BCUT2D eigenvalue weighted by molar-refractivity contribution is 5.37. The van der Waals surface area contributed by atoms with Gasteiger partial charge >= 0.3 is 0 Å². The van der Waals surface area contributed by atoms with Crippen LogP contribution in [-0.2, 0) is 4.74 Å². The molecular weight excluding hydrogens is 238 g/mol. The third-order valence-electron chi connectivity index (χ3n) is 3.70. The number of methoxy groups -OCH3 is 1. The van der Waals surface area contributed by atoms with Crippen LogP contribution >= 0.6 is 0 Å². The van der Waals surface area contributed by atoms with Crippen molar-refractivity contribution in [2.24, 2.45) is 0 Å². The number of anilines is 1. The molecule has 1 aromatic rings. The summed E-state index contributed by atoms with van der Waals surface area (Å²) in [4.78, 5) is 9.10. The second-order valence-electron chi connectivity index (χ2n) is 5.77. The zero-order valence-electron chi connectivity index (χ0n) is 12.4. The molecule has 0 spiro atoms. The van der Waals surface area contributed by atoms with Crippen molar-refractivity contribution in [2.75, 3.05) is 12.4 Å². The minimum absolute atomic E-state index is 0.360. The number of hydrogen-bond donors (Lipinski definition) is 1. The van der Waals surface area contributed by atoms with Gasteiger partial charge in [-0.2, -0.15) is 0 Å². The van der Waals surface area contributed by atoms with E-state index in [2.05, 4.69) is 29.1 Å². The monoisotopic (exact) mass is 263 g/mol. The highest BCUT2D eigenvalue weighted by atomic mass is 16.5. The third-order valence-corrected chi connectivity index (χ3v) is 3.70. The fourth-order valence-electron chi connectivity index (χ4n) is 2.62. The largest absolute Gasteiger partial charge is 0.381 e. The number of hydrogen-bond acceptors (Lipinski definition) is 4. The Hall–Kier alpha value is -1.16. The zero-order valence-corrected chi connectivity index (χ0v) is 12.4. The first-order valence-corrected chi connectivity index (χ1v) is 7.23. The van der Waals surface area contributed by atoms with E-state index in [1.165, 1.54) is 19.3 Å². The van der Waals surface area contributed by atoms with Crippen LogP contribution in [0.15, 0.2) is 6.07 Å². The minimum Gasteiger partial charge on any atom is -0.381 e. The van der Waals surface area contributed by atoms with Gasteiger partial charge in [0.2, 0.25) is 0 Å². The maximum Gasteiger partial charge on any atom is 0.133 e. The molecule has 2 rings (SSSR count). The van der Waals surface area contributed by atoms with Crippen LogP contribution in [0.3, 0.4) is 0 Å². The fourth-order valence-corrected chi connectivity index (χ4v) is 2.62. The maximum atomic E-state index is 5.47. The Morgan fingerprint density at radius 1 is 1.32 bits per heavy atom. The highest BCUT2D eigenvalue weighted by Crippen LogP contribution is 2.24. The summed E-state index contributed by atoms with van der Waals surface area (Å²) < 4.78 is 5.47. The smallest absolute Gasteiger partial charge is 0.133 e. The van der Waals surface area contributed by atoms with Crippen molar-refractivity contribution in [3.05, 3.63) is 17.6 Å². The third kappa shape index (κ3) is 3.90.